The van der Waals surface area contributed by atoms with Crippen LogP contribution in [0.5, 0.6) is 0 Å². The van der Waals surface area contributed by atoms with Gasteiger partial charge in [-0.15, -0.1) is 0 Å². The first-order valence-electron chi connectivity index (χ1n) is 6.27. The number of aryl methyl sites for hydroxylation is 2. The normalized spacial score (nSPS) is 10.5. The largest absolute Gasteiger partial charge is 0.481 e. The lowest BCUT2D eigenvalue weighted by atomic mass is 10.1. The summed E-state index contributed by atoms with van der Waals surface area (Å²) in [5, 5.41) is 8.80. The van der Waals surface area contributed by atoms with Gasteiger partial charge in [0.15, 0.2) is 0 Å². The molecule has 0 aliphatic carbocycles. The molecule has 0 atom stereocenters. The Morgan fingerprint density at radius 1 is 1.45 bits per heavy atom. The van der Waals surface area contributed by atoms with Gasteiger partial charge in [0.05, 0.1) is 6.42 Å². The Hall–Kier alpha value is -2.50. The Labute approximate surface area is 115 Å². The van der Waals surface area contributed by atoms with Crippen LogP contribution in [0.3, 0.4) is 0 Å². The van der Waals surface area contributed by atoms with E-state index in [1.165, 1.54) is 0 Å². The molecule has 0 unspecified atom stereocenters. The van der Waals surface area contributed by atoms with Crippen LogP contribution in [0, 0.1) is 6.92 Å². The van der Waals surface area contributed by atoms with Gasteiger partial charge >= 0.3 is 5.97 Å². The van der Waals surface area contributed by atoms with Crippen LogP contribution < -0.4 is 5.56 Å². The van der Waals surface area contributed by atoms with Gasteiger partial charge in [0, 0.05) is 29.2 Å². The minimum atomic E-state index is -1.05. The molecule has 20 heavy (non-hydrogen) atoms. The summed E-state index contributed by atoms with van der Waals surface area (Å²) < 4.78 is 0. The molecular weight excluding hydrogens is 258 g/mol. The van der Waals surface area contributed by atoms with E-state index in [4.69, 9.17) is 5.11 Å². The molecule has 0 aliphatic rings. The number of hydrogen-bond acceptors (Lipinski definition) is 4. The van der Waals surface area contributed by atoms with Crippen molar-refractivity contribution in [2.24, 2.45) is 0 Å². The van der Waals surface area contributed by atoms with E-state index >= 15 is 0 Å². The van der Waals surface area contributed by atoms with E-state index < -0.39 is 11.5 Å². The number of aromatic nitrogens is 3. The third-order valence-electron chi connectivity index (χ3n) is 3.09. The third-order valence-corrected chi connectivity index (χ3v) is 3.09. The summed E-state index contributed by atoms with van der Waals surface area (Å²) in [5.74, 6) is -0.604. The number of nitrogens with one attached hydrogen (secondary N) is 1. The van der Waals surface area contributed by atoms with Crippen LogP contribution in [0.15, 0.2) is 23.3 Å². The van der Waals surface area contributed by atoms with Crippen LogP contribution in [0.4, 0.5) is 0 Å². The minimum Gasteiger partial charge on any atom is -0.481 e. The number of hydrogen-bond donors (Lipinski definition) is 2. The summed E-state index contributed by atoms with van der Waals surface area (Å²) in [6.07, 6.45) is 3.80. The van der Waals surface area contributed by atoms with E-state index in [-0.39, 0.29) is 12.0 Å². The van der Waals surface area contributed by atoms with Crippen molar-refractivity contribution in [3.8, 4) is 11.4 Å². The zero-order valence-electron chi connectivity index (χ0n) is 11.3. The maximum Gasteiger partial charge on any atom is 0.308 e. The first-order chi connectivity index (χ1) is 9.52. The summed E-state index contributed by atoms with van der Waals surface area (Å²) in [5.41, 5.74) is 2.00. The summed E-state index contributed by atoms with van der Waals surface area (Å²) in [4.78, 5) is 33.8. The first-order valence-corrected chi connectivity index (χ1v) is 6.27. The van der Waals surface area contributed by atoms with Gasteiger partial charge < -0.3 is 10.1 Å². The zero-order valence-corrected chi connectivity index (χ0v) is 11.3. The molecule has 0 bridgehead atoms. The van der Waals surface area contributed by atoms with Crippen molar-refractivity contribution in [3.05, 3.63) is 45.6 Å². The van der Waals surface area contributed by atoms with Gasteiger partial charge in [-0.3, -0.25) is 14.6 Å². The highest BCUT2D eigenvalue weighted by molar-refractivity contribution is 5.70. The summed E-state index contributed by atoms with van der Waals surface area (Å²) in [6.45, 7) is 3.63. The predicted molar refractivity (Wildman–Crippen MR) is 73.5 cm³/mol. The maximum absolute atomic E-state index is 12.0. The van der Waals surface area contributed by atoms with E-state index in [0.717, 1.165) is 17.5 Å². The van der Waals surface area contributed by atoms with Crippen molar-refractivity contribution >= 4 is 5.97 Å². The summed E-state index contributed by atoms with van der Waals surface area (Å²) in [6, 6.07) is 1.79. The molecule has 0 aliphatic heterocycles. The van der Waals surface area contributed by atoms with Gasteiger partial charge in [0.25, 0.3) is 5.56 Å². The number of aliphatic carboxylic acids is 1. The molecule has 0 radical (unpaired) electrons. The Morgan fingerprint density at radius 3 is 2.80 bits per heavy atom. The Morgan fingerprint density at radius 2 is 2.20 bits per heavy atom. The molecule has 2 N–H and O–H groups in total. The molecule has 2 heterocycles. The molecule has 0 saturated carbocycles. The number of rotatable bonds is 4. The lowest BCUT2D eigenvalue weighted by Gasteiger charge is -2.09. The highest BCUT2D eigenvalue weighted by Crippen LogP contribution is 2.19. The SMILES string of the molecule is CCc1cnccc1-c1nc(C)c(CC(=O)O)c(=O)[nH]1. The van der Waals surface area contributed by atoms with Gasteiger partial charge in [-0.25, -0.2) is 4.98 Å². The lowest BCUT2D eigenvalue weighted by molar-refractivity contribution is -0.136. The standard InChI is InChI=1S/C14H15N3O3/c1-3-9-7-15-5-4-10(9)13-16-8(2)11(6-12(18)19)14(20)17-13/h4-5,7H,3,6H2,1-2H3,(H,18,19)(H,16,17,20). The van der Waals surface area contributed by atoms with E-state index in [2.05, 4.69) is 15.0 Å². The fourth-order valence-electron chi connectivity index (χ4n) is 2.04. The molecule has 6 heteroatoms. The number of carboxylic acid groups (broad SMARTS) is 1. The minimum absolute atomic E-state index is 0.188. The Balaban J connectivity index is 2.55. The molecule has 0 fully saturated rings. The van der Waals surface area contributed by atoms with Crippen LogP contribution in [0.2, 0.25) is 0 Å². The smallest absolute Gasteiger partial charge is 0.308 e. The number of nitrogens with zero attached hydrogens (tertiary/aromatic N) is 2. The van der Waals surface area contributed by atoms with Crippen LogP contribution in [-0.2, 0) is 17.6 Å². The highest BCUT2D eigenvalue weighted by Gasteiger charge is 2.13. The Bertz CT molecular complexity index is 707. The van der Waals surface area contributed by atoms with Crippen molar-refractivity contribution in [2.45, 2.75) is 26.7 Å². The average molecular weight is 273 g/mol. The maximum atomic E-state index is 12.0. The van der Waals surface area contributed by atoms with E-state index in [1.54, 1.807) is 25.4 Å². The van der Waals surface area contributed by atoms with Crippen molar-refractivity contribution in [3.63, 3.8) is 0 Å². The molecule has 2 aromatic heterocycles. The molecular formula is C14H15N3O3. The molecule has 2 aromatic rings. The van der Waals surface area contributed by atoms with Crippen molar-refractivity contribution in [1.29, 1.82) is 0 Å². The number of carboxylic acids is 1. The molecule has 0 saturated heterocycles. The fraction of sp³-hybridized carbons (Fsp3) is 0.286. The molecule has 0 amide bonds. The first kappa shape index (κ1) is 13.9. The van der Waals surface area contributed by atoms with Gasteiger partial charge in [-0.1, -0.05) is 6.92 Å². The summed E-state index contributed by atoms with van der Waals surface area (Å²) in [7, 11) is 0. The second kappa shape index (κ2) is 5.64. The zero-order chi connectivity index (χ0) is 14.7. The van der Waals surface area contributed by atoms with Gasteiger partial charge in [-0.2, -0.15) is 0 Å². The molecule has 0 spiro atoms. The van der Waals surface area contributed by atoms with Crippen LogP contribution >= 0.6 is 0 Å². The predicted octanol–water partition coefficient (Wildman–Crippen LogP) is 1.33. The van der Waals surface area contributed by atoms with Crippen LogP contribution in [0.1, 0.15) is 23.7 Å². The molecule has 104 valence electrons. The topological polar surface area (TPSA) is 95.9 Å². The second-order valence-corrected chi connectivity index (χ2v) is 4.44. The van der Waals surface area contributed by atoms with Gasteiger partial charge in [0.2, 0.25) is 0 Å². The van der Waals surface area contributed by atoms with Gasteiger partial charge in [0.1, 0.15) is 5.82 Å². The third kappa shape index (κ3) is 2.74. The van der Waals surface area contributed by atoms with E-state index in [9.17, 15) is 9.59 Å². The van der Waals surface area contributed by atoms with Crippen molar-refractivity contribution in [1.82, 2.24) is 15.0 Å². The molecule has 2 rings (SSSR count). The quantitative estimate of drug-likeness (QED) is 0.876. The lowest BCUT2D eigenvalue weighted by Crippen LogP contribution is -2.20. The number of aromatic amines is 1. The number of carbonyl (C=O) groups is 1. The van der Waals surface area contributed by atoms with Crippen LogP contribution in [-0.4, -0.2) is 26.0 Å². The van der Waals surface area contributed by atoms with Crippen molar-refractivity contribution < 1.29 is 9.90 Å². The number of H-pyrrole nitrogens is 1. The fourth-order valence-corrected chi connectivity index (χ4v) is 2.04. The second-order valence-electron chi connectivity index (χ2n) is 4.44. The average Bonchev–Trinajstić information content (AvgIpc) is 2.42. The van der Waals surface area contributed by atoms with E-state index in [0.29, 0.717) is 11.5 Å². The highest BCUT2D eigenvalue weighted by atomic mass is 16.4. The van der Waals surface area contributed by atoms with Crippen LogP contribution in [0.25, 0.3) is 11.4 Å². The summed E-state index contributed by atoms with van der Waals surface area (Å²) >= 11 is 0. The monoisotopic (exact) mass is 273 g/mol. The van der Waals surface area contributed by atoms with Crippen molar-refractivity contribution in [2.75, 3.05) is 0 Å². The Kier molecular flexibility index (Phi) is 3.93. The van der Waals surface area contributed by atoms with E-state index in [1.807, 2.05) is 6.92 Å². The van der Waals surface area contributed by atoms with Gasteiger partial charge in [-0.05, 0) is 25.0 Å². The molecule has 6 nitrogen and oxygen atoms in total. The molecule has 0 aromatic carbocycles. The number of pyridine rings is 1.